The lowest BCUT2D eigenvalue weighted by molar-refractivity contribution is 0.158. The second kappa shape index (κ2) is 8.96. The molecule has 0 amide bonds. The minimum Gasteiger partial charge on any atom is -0.314 e. The van der Waals surface area contributed by atoms with Crippen LogP contribution in [0.5, 0.6) is 0 Å². The molecule has 0 bridgehead atoms. The highest BCUT2D eigenvalue weighted by Crippen LogP contribution is 2.36. The van der Waals surface area contributed by atoms with Crippen molar-refractivity contribution in [2.75, 3.05) is 6.54 Å². The molecule has 1 saturated carbocycles. The molecule has 0 aromatic rings. The second-order valence-electron chi connectivity index (χ2n) is 6.43. The second-order valence-corrected chi connectivity index (χ2v) is 6.43. The van der Waals surface area contributed by atoms with E-state index < -0.39 is 0 Å². The first-order chi connectivity index (χ1) is 8.72. The molecule has 1 heteroatoms. The van der Waals surface area contributed by atoms with E-state index in [1.165, 1.54) is 57.9 Å². The molecule has 1 aliphatic rings. The lowest BCUT2D eigenvalue weighted by atomic mass is 9.72. The van der Waals surface area contributed by atoms with Crippen LogP contribution in [0.2, 0.25) is 0 Å². The molecule has 0 radical (unpaired) electrons. The highest BCUT2D eigenvalue weighted by molar-refractivity contribution is 4.85. The topological polar surface area (TPSA) is 12.0 Å². The van der Waals surface area contributed by atoms with Crippen molar-refractivity contribution in [2.24, 2.45) is 17.8 Å². The van der Waals surface area contributed by atoms with Gasteiger partial charge in [-0.1, -0.05) is 59.8 Å². The van der Waals surface area contributed by atoms with E-state index in [2.05, 4.69) is 33.0 Å². The summed E-state index contributed by atoms with van der Waals surface area (Å²) in [6, 6.07) is 0.783. The van der Waals surface area contributed by atoms with Gasteiger partial charge in [0.15, 0.2) is 0 Å². The van der Waals surface area contributed by atoms with Crippen molar-refractivity contribution in [1.29, 1.82) is 0 Å². The third-order valence-electron chi connectivity index (χ3n) is 5.02. The first kappa shape index (κ1) is 16.0. The van der Waals surface area contributed by atoms with Gasteiger partial charge in [0.1, 0.15) is 0 Å². The zero-order chi connectivity index (χ0) is 13.4. The van der Waals surface area contributed by atoms with Crippen LogP contribution in [-0.4, -0.2) is 12.6 Å². The first-order valence-corrected chi connectivity index (χ1v) is 8.46. The summed E-state index contributed by atoms with van der Waals surface area (Å²) in [6.45, 7) is 10.6. The van der Waals surface area contributed by atoms with E-state index in [9.17, 15) is 0 Å². The molecule has 0 heterocycles. The molecule has 1 aliphatic carbocycles. The fourth-order valence-corrected chi connectivity index (χ4v) is 3.61. The van der Waals surface area contributed by atoms with Gasteiger partial charge in [-0.25, -0.2) is 0 Å². The van der Waals surface area contributed by atoms with Gasteiger partial charge in [0, 0.05) is 6.04 Å². The summed E-state index contributed by atoms with van der Waals surface area (Å²) in [5.41, 5.74) is 0. The van der Waals surface area contributed by atoms with Gasteiger partial charge in [0.25, 0.3) is 0 Å². The normalized spacial score (nSPS) is 28.0. The van der Waals surface area contributed by atoms with E-state index in [4.69, 9.17) is 0 Å². The zero-order valence-electron chi connectivity index (χ0n) is 13.2. The van der Waals surface area contributed by atoms with Gasteiger partial charge in [0.05, 0.1) is 0 Å². The Morgan fingerprint density at radius 2 is 1.83 bits per heavy atom. The summed E-state index contributed by atoms with van der Waals surface area (Å²) >= 11 is 0. The molecule has 0 aromatic carbocycles. The van der Waals surface area contributed by atoms with Gasteiger partial charge in [-0.05, 0) is 43.6 Å². The highest BCUT2D eigenvalue weighted by Gasteiger charge is 2.30. The van der Waals surface area contributed by atoms with Gasteiger partial charge in [-0.15, -0.1) is 0 Å². The molecular weight excluding hydrogens is 218 g/mol. The van der Waals surface area contributed by atoms with Gasteiger partial charge in [0.2, 0.25) is 0 Å². The van der Waals surface area contributed by atoms with Crippen molar-refractivity contribution in [3.8, 4) is 0 Å². The van der Waals surface area contributed by atoms with E-state index >= 15 is 0 Å². The SMILES string of the molecule is CCCNC(CC(C)CC)C1CCCCC1CC. The Hall–Kier alpha value is -0.0400. The maximum atomic E-state index is 3.87. The van der Waals surface area contributed by atoms with Crippen molar-refractivity contribution in [3.63, 3.8) is 0 Å². The molecule has 0 aliphatic heterocycles. The number of nitrogens with one attached hydrogen (secondary N) is 1. The minimum absolute atomic E-state index is 0.783. The summed E-state index contributed by atoms with van der Waals surface area (Å²) in [7, 11) is 0. The van der Waals surface area contributed by atoms with Crippen molar-refractivity contribution in [1.82, 2.24) is 5.32 Å². The predicted octanol–water partition coefficient (Wildman–Crippen LogP) is 5.01. The third-order valence-corrected chi connectivity index (χ3v) is 5.02. The van der Waals surface area contributed by atoms with Crippen molar-refractivity contribution >= 4 is 0 Å². The fourth-order valence-electron chi connectivity index (χ4n) is 3.61. The van der Waals surface area contributed by atoms with Crippen LogP contribution in [0, 0.1) is 17.8 Å². The maximum Gasteiger partial charge on any atom is 0.0100 e. The van der Waals surface area contributed by atoms with E-state index in [0.29, 0.717) is 0 Å². The predicted molar refractivity (Wildman–Crippen MR) is 81.9 cm³/mol. The Labute approximate surface area is 115 Å². The molecule has 4 atom stereocenters. The number of rotatable bonds is 8. The van der Waals surface area contributed by atoms with Gasteiger partial charge < -0.3 is 5.32 Å². The van der Waals surface area contributed by atoms with Crippen LogP contribution in [0.3, 0.4) is 0 Å². The Balaban J connectivity index is 2.59. The van der Waals surface area contributed by atoms with Crippen LogP contribution in [-0.2, 0) is 0 Å². The summed E-state index contributed by atoms with van der Waals surface area (Å²) in [6.07, 6.45) is 11.2. The molecule has 108 valence electrons. The van der Waals surface area contributed by atoms with Crippen LogP contribution in [0.15, 0.2) is 0 Å². The fraction of sp³-hybridized carbons (Fsp3) is 1.00. The Morgan fingerprint density at radius 3 is 2.44 bits per heavy atom. The van der Waals surface area contributed by atoms with Crippen LogP contribution in [0.1, 0.15) is 79.1 Å². The lowest BCUT2D eigenvalue weighted by Gasteiger charge is -2.38. The Morgan fingerprint density at radius 1 is 1.11 bits per heavy atom. The standard InChI is InChI=1S/C17H35N/c1-5-12-18-17(13-14(4)6-2)16-11-9-8-10-15(16)7-3/h14-18H,5-13H2,1-4H3. The van der Waals surface area contributed by atoms with Crippen LogP contribution < -0.4 is 5.32 Å². The average molecular weight is 253 g/mol. The largest absolute Gasteiger partial charge is 0.314 e. The molecule has 18 heavy (non-hydrogen) atoms. The third kappa shape index (κ3) is 4.91. The van der Waals surface area contributed by atoms with E-state index in [1.807, 2.05) is 0 Å². The molecule has 1 nitrogen and oxygen atoms in total. The smallest absolute Gasteiger partial charge is 0.0100 e. The molecule has 1 N–H and O–H groups in total. The highest BCUT2D eigenvalue weighted by atomic mass is 14.9. The van der Waals surface area contributed by atoms with Crippen molar-refractivity contribution in [3.05, 3.63) is 0 Å². The van der Waals surface area contributed by atoms with Crippen LogP contribution in [0.4, 0.5) is 0 Å². The molecule has 0 saturated heterocycles. The molecule has 0 spiro atoms. The minimum atomic E-state index is 0.783. The zero-order valence-corrected chi connectivity index (χ0v) is 13.2. The summed E-state index contributed by atoms with van der Waals surface area (Å²) in [4.78, 5) is 0. The summed E-state index contributed by atoms with van der Waals surface area (Å²) < 4.78 is 0. The van der Waals surface area contributed by atoms with E-state index in [1.54, 1.807) is 0 Å². The van der Waals surface area contributed by atoms with Crippen molar-refractivity contribution < 1.29 is 0 Å². The monoisotopic (exact) mass is 253 g/mol. The van der Waals surface area contributed by atoms with E-state index in [0.717, 1.165) is 23.8 Å². The molecular formula is C17H35N. The van der Waals surface area contributed by atoms with Crippen molar-refractivity contribution in [2.45, 2.75) is 85.1 Å². The Bertz CT molecular complexity index is 202. The Kier molecular flexibility index (Phi) is 7.97. The van der Waals surface area contributed by atoms with Crippen LogP contribution in [0.25, 0.3) is 0 Å². The number of hydrogen-bond donors (Lipinski definition) is 1. The van der Waals surface area contributed by atoms with Gasteiger partial charge in [-0.2, -0.15) is 0 Å². The number of hydrogen-bond acceptors (Lipinski definition) is 1. The quantitative estimate of drug-likeness (QED) is 0.641. The lowest BCUT2D eigenvalue weighted by Crippen LogP contribution is -2.42. The molecule has 1 rings (SSSR count). The summed E-state index contributed by atoms with van der Waals surface area (Å²) in [5, 5.41) is 3.87. The maximum absolute atomic E-state index is 3.87. The molecule has 1 fully saturated rings. The molecule has 4 unspecified atom stereocenters. The van der Waals surface area contributed by atoms with Gasteiger partial charge >= 0.3 is 0 Å². The van der Waals surface area contributed by atoms with Gasteiger partial charge in [-0.3, -0.25) is 0 Å². The summed E-state index contributed by atoms with van der Waals surface area (Å²) in [5.74, 6) is 2.81. The van der Waals surface area contributed by atoms with E-state index in [-0.39, 0.29) is 0 Å². The van der Waals surface area contributed by atoms with Crippen LogP contribution >= 0.6 is 0 Å². The molecule has 0 aromatic heterocycles. The first-order valence-electron chi connectivity index (χ1n) is 8.46. The average Bonchev–Trinajstić information content (AvgIpc) is 2.43.